The zero-order valence-corrected chi connectivity index (χ0v) is 12.7. The highest BCUT2D eigenvalue weighted by molar-refractivity contribution is 6.29. The van der Waals surface area contributed by atoms with Crippen LogP contribution in [-0.4, -0.2) is 60.0 Å². The summed E-state index contributed by atoms with van der Waals surface area (Å²) in [5.74, 6) is -0.152. The van der Waals surface area contributed by atoms with Crippen molar-refractivity contribution >= 4 is 23.4 Å². The fraction of sp³-hybridized carbons (Fsp3) is 0.615. The van der Waals surface area contributed by atoms with Gasteiger partial charge < -0.3 is 20.1 Å². The third-order valence-corrected chi connectivity index (χ3v) is 3.77. The van der Waals surface area contributed by atoms with E-state index in [1.54, 1.807) is 11.0 Å². The molecule has 116 valence electrons. The number of primary amides is 1. The van der Waals surface area contributed by atoms with Crippen LogP contribution in [0.1, 0.15) is 12.2 Å². The first-order valence-electron chi connectivity index (χ1n) is 6.82. The molecule has 0 aliphatic carbocycles. The molecule has 21 heavy (non-hydrogen) atoms. The Bertz CT molecular complexity index is 519. The maximum atomic E-state index is 12.3. The molecular weight excluding hydrogens is 296 g/mol. The highest BCUT2D eigenvalue weighted by Crippen LogP contribution is 2.13. The SMILES string of the molecule is CN1CCN(C(=O)CCc2cc(Cl)no2)CC(C(N)=O)C1. The number of carbonyl (C=O) groups is 2. The Labute approximate surface area is 128 Å². The van der Waals surface area contributed by atoms with Crippen LogP contribution in [-0.2, 0) is 16.0 Å². The van der Waals surface area contributed by atoms with Crippen LogP contribution >= 0.6 is 11.6 Å². The molecule has 1 aromatic heterocycles. The summed E-state index contributed by atoms with van der Waals surface area (Å²) in [7, 11) is 1.92. The predicted octanol–water partition coefficient (Wildman–Crippen LogP) is 0.136. The van der Waals surface area contributed by atoms with Gasteiger partial charge in [0.2, 0.25) is 11.8 Å². The lowest BCUT2D eigenvalue weighted by Gasteiger charge is -2.22. The molecule has 2 rings (SSSR count). The number of aromatic nitrogens is 1. The number of rotatable bonds is 4. The average Bonchev–Trinajstić information content (AvgIpc) is 2.73. The van der Waals surface area contributed by atoms with Gasteiger partial charge in [-0.15, -0.1) is 0 Å². The second-order valence-corrected chi connectivity index (χ2v) is 5.70. The van der Waals surface area contributed by atoms with E-state index in [1.165, 1.54) is 0 Å². The molecule has 8 heteroatoms. The van der Waals surface area contributed by atoms with Crippen LogP contribution in [0.5, 0.6) is 0 Å². The first-order valence-corrected chi connectivity index (χ1v) is 7.20. The summed E-state index contributed by atoms with van der Waals surface area (Å²) in [4.78, 5) is 27.4. The summed E-state index contributed by atoms with van der Waals surface area (Å²) < 4.78 is 4.97. The lowest BCUT2D eigenvalue weighted by molar-refractivity contribution is -0.132. The quantitative estimate of drug-likeness (QED) is 0.853. The molecule has 2 amide bonds. The molecule has 1 fully saturated rings. The largest absolute Gasteiger partial charge is 0.369 e. The molecule has 1 unspecified atom stereocenters. The van der Waals surface area contributed by atoms with Crippen LogP contribution in [0.25, 0.3) is 0 Å². The predicted molar refractivity (Wildman–Crippen MR) is 76.6 cm³/mol. The molecule has 7 nitrogen and oxygen atoms in total. The van der Waals surface area contributed by atoms with Crippen molar-refractivity contribution in [3.8, 4) is 0 Å². The van der Waals surface area contributed by atoms with Crippen molar-refractivity contribution in [2.75, 3.05) is 33.2 Å². The smallest absolute Gasteiger partial charge is 0.223 e. The van der Waals surface area contributed by atoms with E-state index in [0.29, 0.717) is 38.2 Å². The molecule has 0 radical (unpaired) electrons. The van der Waals surface area contributed by atoms with Gasteiger partial charge in [0.05, 0.1) is 5.92 Å². The van der Waals surface area contributed by atoms with Crippen molar-refractivity contribution in [1.82, 2.24) is 15.0 Å². The third-order valence-electron chi connectivity index (χ3n) is 3.60. The highest BCUT2D eigenvalue weighted by atomic mass is 35.5. The van der Waals surface area contributed by atoms with Gasteiger partial charge in [0.15, 0.2) is 5.15 Å². The van der Waals surface area contributed by atoms with Crippen molar-refractivity contribution < 1.29 is 14.1 Å². The van der Waals surface area contributed by atoms with Gasteiger partial charge >= 0.3 is 0 Å². The topological polar surface area (TPSA) is 92.7 Å². The van der Waals surface area contributed by atoms with E-state index in [9.17, 15) is 9.59 Å². The Morgan fingerprint density at radius 2 is 2.24 bits per heavy atom. The summed E-state index contributed by atoms with van der Waals surface area (Å²) in [6.07, 6.45) is 0.729. The van der Waals surface area contributed by atoms with Gasteiger partial charge in [-0.25, -0.2) is 0 Å². The van der Waals surface area contributed by atoms with Crippen LogP contribution in [0.4, 0.5) is 0 Å². The van der Waals surface area contributed by atoms with E-state index in [1.807, 2.05) is 11.9 Å². The Morgan fingerprint density at radius 1 is 1.48 bits per heavy atom. The zero-order chi connectivity index (χ0) is 15.4. The van der Waals surface area contributed by atoms with Crippen LogP contribution in [0.2, 0.25) is 5.15 Å². The van der Waals surface area contributed by atoms with Gasteiger partial charge in [0.25, 0.3) is 0 Å². The molecular formula is C13H19ClN4O3. The lowest BCUT2D eigenvalue weighted by atomic mass is 10.1. The zero-order valence-electron chi connectivity index (χ0n) is 11.9. The Hall–Kier alpha value is -1.60. The Kier molecular flexibility index (Phi) is 5.19. The molecule has 0 aromatic carbocycles. The number of carbonyl (C=O) groups excluding carboxylic acids is 2. The Morgan fingerprint density at radius 3 is 2.86 bits per heavy atom. The van der Waals surface area contributed by atoms with Crippen LogP contribution in [0.15, 0.2) is 10.6 Å². The van der Waals surface area contributed by atoms with Crippen molar-refractivity contribution in [3.63, 3.8) is 0 Å². The lowest BCUT2D eigenvalue weighted by Crippen LogP contribution is -2.40. The van der Waals surface area contributed by atoms with Gasteiger partial charge in [-0.2, -0.15) is 0 Å². The molecule has 1 aliphatic heterocycles. The normalized spacial score (nSPS) is 20.3. The number of halogens is 1. The third kappa shape index (κ3) is 4.44. The summed E-state index contributed by atoms with van der Waals surface area (Å²) in [6.45, 7) is 2.27. The molecule has 0 saturated carbocycles. The van der Waals surface area contributed by atoms with E-state index in [-0.39, 0.29) is 22.9 Å². The standard InChI is InChI=1S/C13H19ClN4O3/c1-17-4-5-18(8-9(7-17)13(15)20)12(19)3-2-10-6-11(14)16-21-10/h6,9H,2-5,7-8H2,1H3,(H2,15,20). The van der Waals surface area contributed by atoms with Crippen LogP contribution < -0.4 is 5.73 Å². The summed E-state index contributed by atoms with van der Waals surface area (Å²) >= 11 is 5.66. The maximum Gasteiger partial charge on any atom is 0.223 e. The molecule has 2 heterocycles. The van der Waals surface area contributed by atoms with Crippen LogP contribution in [0.3, 0.4) is 0 Å². The van der Waals surface area contributed by atoms with Gasteiger partial charge in [-0.1, -0.05) is 16.8 Å². The second-order valence-electron chi connectivity index (χ2n) is 5.32. The van der Waals surface area contributed by atoms with Gasteiger partial charge in [0, 0.05) is 45.1 Å². The van der Waals surface area contributed by atoms with Gasteiger partial charge in [-0.05, 0) is 7.05 Å². The fourth-order valence-corrected chi connectivity index (χ4v) is 2.53. The molecule has 1 atom stereocenters. The number of nitrogens with two attached hydrogens (primary N) is 1. The van der Waals surface area contributed by atoms with Crippen LogP contribution in [0, 0.1) is 5.92 Å². The molecule has 0 bridgehead atoms. The summed E-state index contributed by atoms with van der Waals surface area (Å²) in [6, 6.07) is 1.59. The maximum absolute atomic E-state index is 12.3. The minimum Gasteiger partial charge on any atom is -0.369 e. The molecule has 1 aromatic rings. The first kappa shape index (κ1) is 15.8. The van der Waals surface area contributed by atoms with Crippen molar-refractivity contribution in [1.29, 1.82) is 0 Å². The molecule has 1 aliphatic rings. The summed E-state index contributed by atoms with van der Waals surface area (Å²) in [5.41, 5.74) is 5.39. The minimum atomic E-state index is -0.372. The van der Waals surface area contributed by atoms with Gasteiger partial charge in [0.1, 0.15) is 5.76 Å². The van der Waals surface area contributed by atoms with E-state index >= 15 is 0 Å². The van der Waals surface area contributed by atoms with E-state index < -0.39 is 0 Å². The number of aryl methyl sites for hydroxylation is 1. The van der Waals surface area contributed by atoms with E-state index in [0.717, 1.165) is 6.54 Å². The fourth-order valence-electron chi connectivity index (χ4n) is 2.37. The highest BCUT2D eigenvalue weighted by Gasteiger charge is 2.27. The monoisotopic (exact) mass is 314 g/mol. The van der Waals surface area contributed by atoms with Gasteiger partial charge in [-0.3, -0.25) is 9.59 Å². The minimum absolute atomic E-state index is 0.0240. The number of hydrogen-bond donors (Lipinski definition) is 1. The number of hydrogen-bond acceptors (Lipinski definition) is 5. The summed E-state index contributed by atoms with van der Waals surface area (Å²) in [5, 5.41) is 3.85. The van der Waals surface area contributed by atoms with Crippen molar-refractivity contribution in [2.24, 2.45) is 11.7 Å². The van der Waals surface area contributed by atoms with E-state index in [2.05, 4.69) is 5.16 Å². The molecule has 1 saturated heterocycles. The molecule has 0 spiro atoms. The van der Waals surface area contributed by atoms with Crippen molar-refractivity contribution in [2.45, 2.75) is 12.8 Å². The number of likely N-dealkylation sites (N-methyl/N-ethyl adjacent to an activating group) is 1. The number of nitrogens with zero attached hydrogens (tertiary/aromatic N) is 3. The number of amides is 2. The Balaban J connectivity index is 1.92. The first-order chi connectivity index (χ1) is 9.95. The average molecular weight is 315 g/mol. The van der Waals surface area contributed by atoms with Crippen molar-refractivity contribution in [3.05, 3.63) is 17.0 Å². The molecule has 2 N–H and O–H groups in total. The van der Waals surface area contributed by atoms with E-state index in [4.69, 9.17) is 21.9 Å². The second kappa shape index (κ2) is 6.91.